The van der Waals surface area contributed by atoms with Gasteiger partial charge in [-0.3, -0.25) is 0 Å². The summed E-state index contributed by atoms with van der Waals surface area (Å²) in [6, 6.07) is 0. The average molecular weight is 126 g/mol. The summed E-state index contributed by atoms with van der Waals surface area (Å²) in [5.74, 6) is 0. The van der Waals surface area contributed by atoms with Crippen molar-refractivity contribution in [2.24, 2.45) is 0 Å². The number of allylic oxidation sites excluding steroid dienone is 1. The van der Waals surface area contributed by atoms with E-state index in [1.165, 1.54) is 6.26 Å². The Morgan fingerprint density at radius 1 is 1.78 bits per heavy atom. The second-order valence-corrected chi connectivity index (χ2v) is 1.82. The van der Waals surface area contributed by atoms with Crippen LogP contribution in [0.15, 0.2) is 25.2 Å². The van der Waals surface area contributed by atoms with Crippen LogP contribution in [0.25, 0.3) is 0 Å². The van der Waals surface area contributed by atoms with Gasteiger partial charge in [0.05, 0.1) is 12.5 Å². The van der Waals surface area contributed by atoms with Crippen molar-refractivity contribution in [1.82, 2.24) is 0 Å². The van der Waals surface area contributed by atoms with Gasteiger partial charge in [-0.25, -0.2) is 0 Å². The summed E-state index contributed by atoms with van der Waals surface area (Å²) in [7, 11) is 0. The van der Waals surface area contributed by atoms with Gasteiger partial charge >= 0.3 is 0 Å². The van der Waals surface area contributed by atoms with Gasteiger partial charge in [-0.1, -0.05) is 6.58 Å². The number of hydrogen-bond acceptors (Lipinski definition) is 2. The molecule has 0 bridgehead atoms. The van der Waals surface area contributed by atoms with Gasteiger partial charge in [-0.15, -0.1) is 0 Å². The highest BCUT2D eigenvalue weighted by Gasteiger charge is 2.08. The SMILES string of the molecule is C=COC1CCC=CO1. The third-order valence-electron chi connectivity index (χ3n) is 1.14. The fraction of sp³-hybridized carbons (Fsp3) is 0.429. The molecule has 0 fully saturated rings. The molecular weight excluding hydrogens is 116 g/mol. The van der Waals surface area contributed by atoms with Crippen LogP contribution in [-0.4, -0.2) is 6.29 Å². The van der Waals surface area contributed by atoms with E-state index in [0.29, 0.717) is 0 Å². The average Bonchev–Trinajstić information content (AvgIpc) is 1.91. The molecule has 1 heterocycles. The fourth-order valence-electron chi connectivity index (χ4n) is 0.719. The van der Waals surface area contributed by atoms with E-state index in [1.807, 2.05) is 6.08 Å². The first-order chi connectivity index (χ1) is 4.43. The van der Waals surface area contributed by atoms with Crippen molar-refractivity contribution in [3.63, 3.8) is 0 Å². The Morgan fingerprint density at radius 2 is 2.67 bits per heavy atom. The topological polar surface area (TPSA) is 18.5 Å². The van der Waals surface area contributed by atoms with Gasteiger partial charge in [0.25, 0.3) is 0 Å². The van der Waals surface area contributed by atoms with Crippen LogP contribution in [0.1, 0.15) is 12.8 Å². The van der Waals surface area contributed by atoms with Crippen molar-refractivity contribution in [3.05, 3.63) is 25.2 Å². The maximum absolute atomic E-state index is 5.04. The molecule has 2 nitrogen and oxygen atoms in total. The molecule has 1 aliphatic heterocycles. The van der Waals surface area contributed by atoms with E-state index in [4.69, 9.17) is 9.47 Å². The molecule has 0 aromatic rings. The maximum atomic E-state index is 5.04. The van der Waals surface area contributed by atoms with Gasteiger partial charge in [0.1, 0.15) is 0 Å². The summed E-state index contributed by atoms with van der Waals surface area (Å²) in [5.41, 5.74) is 0. The highest BCUT2D eigenvalue weighted by atomic mass is 16.7. The summed E-state index contributed by atoms with van der Waals surface area (Å²) in [4.78, 5) is 0. The van der Waals surface area contributed by atoms with Gasteiger partial charge < -0.3 is 9.47 Å². The number of ether oxygens (including phenoxy) is 2. The van der Waals surface area contributed by atoms with E-state index >= 15 is 0 Å². The smallest absolute Gasteiger partial charge is 0.239 e. The van der Waals surface area contributed by atoms with Crippen LogP contribution in [0, 0.1) is 0 Å². The van der Waals surface area contributed by atoms with E-state index in [-0.39, 0.29) is 6.29 Å². The maximum Gasteiger partial charge on any atom is 0.239 e. The predicted octanol–water partition coefficient (Wildman–Crippen LogP) is 1.80. The van der Waals surface area contributed by atoms with Crippen LogP contribution in [-0.2, 0) is 9.47 Å². The minimum atomic E-state index is -0.104. The van der Waals surface area contributed by atoms with Crippen molar-refractivity contribution < 1.29 is 9.47 Å². The summed E-state index contributed by atoms with van der Waals surface area (Å²) in [6.45, 7) is 3.43. The molecule has 1 unspecified atom stereocenters. The highest BCUT2D eigenvalue weighted by molar-refractivity contribution is 4.79. The first-order valence-electron chi connectivity index (χ1n) is 3.00. The van der Waals surface area contributed by atoms with Crippen molar-refractivity contribution >= 4 is 0 Å². The summed E-state index contributed by atoms with van der Waals surface area (Å²) in [6.07, 6.45) is 6.89. The summed E-state index contributed by atoms with van der Waals surface area (Å²) in [5, 5.41) is 0. The molecule has 0 spiro atoms. The Labute approximate surface area is 54.8 Å². The van der Waals surface area contributed by atoms with Crippen molar-refractivity contribution in [2.75, 3.05) is 0 Å². The van der Waals surface area contributed by atoms with Crippen LogP contribution in [0.4, 0.5) is 0 Å². The molecule has 0 aromatic carbocycles. The molecule has 9 heavy (non-hydrogen) atoms. The molecule has 0 aliphatic carbocycles. The van der Waals surface area contributed by atoms with Crippen LogP contribution in [0.2, 0.25) is 0 Å². The molecule has 1 aliphatic rings. The van der Waals surface area contributed by atoms with Crippen molar-refractivity contribution in [1.29, 1.82) is 0 Å². The van der Waals surface area contributed by atoms with Gasteiger partial charge in [-0.2, -0.15) is 0 Å². The van der Waals surface area contributed by atoms with Gasteiger partial charge in [0.2, 0.25) is 6.29 Å². The zero-order valence-corrected chi connectivity index (χ0v) is 5.25. The van der Waals surface area contributed by atoms with E-state index in [2.05, 4.69) is 6.58 Å². The Bertz CT molecular complexity index is 118. The Kier molecular flexibility index (Phi) is 2.19. The zero-order valence-electron chi connectivity index (χ0n) is 5.25. The molecule has 50 valence electrons. The molecule has 0 amide bonds. The first-order valence-corrected chi connectivity index (χ1v) is 3.00. The third-order valence-corrected chi connectivity index (χ3v) is 1.14. The lowest BCUT2D eigenvalue weighted by Crippen LogP contribution is -2.13. The second-order valence-electron chi connectivity index (χ2n) is 1.82. The summed E-state index contributed by atoms with van der Waals surface area (Å²) < 4.78 is 10.0. The van der Waals surface area contributed by atoms with Crippen LogP contribution in [0.3, 0.4) is 0 Å². The quantitative estimate of drug-likeness (QED) is 0.525. The van der Waals surface area contributed by atoms with E-state index in [9.17, 15) is 0 Å². The van der Waals surface area contributed by atoms with Crippen molar-refractivity contribution in [2.45, 2.75) is 19.1 Å². The minimum Gasteiger partial charge on any atom is -0.463 e. The largest absolute Gasteiger partial charge is 0.463 e. The molecule has 0 N–H and O–H groups in total. The molecule has 0 aromatic heterocycles. The number of rotatable bonds is 2. The molecule has 0 saturated carbocycles. The van der Waals surface area contributed by atoms with Gasteiger partial charge in [0.15, 0.2) is 0 Å². The molecule has 1 rings (SSSR count). The number of hydrogen-bond donors (Lipinski definition) is 0. The molecule has 0 radical (unpaired) electrons. The standard InChI is InChI=1S/C7H10O2/c1-2-8-7-5-3-4-6-9-7/h2,4,6-7H,1,3,5H2. The van der Waals surface area contributed by atoms with Gasteiger partial charge in [0, 0.05) is 6.42 Å². The molecule has 1 atom stereocenters. The summed E-state index contributed by atoms with van der Waals surface area (Å²) >= 11 is 0. The van der Waals surface area contributed by atoms with Crippen LogP contribution < -0.4 is 0 Å². The normalized spacial score (nSPS) is 24.7. The van der Waals surface area contributed by atoms with Crippen LogP contribution >= 0.6 is 0 Å². The Balaban J connectivity index is 2.26. The molecule has 2 heteroatoms. The van der Waals surface area contributed by atoms with Crippen LogP contribution in [0.5, 0.6) is 0 Å². The van der Waals surface area contributed by atoms with E-state index in [1.54, 1.807) is 6.26 Å². The minimum absolute atomic E-state index is 0.104. The lowest BCUT2D eigenvalue weighted by atomic mass is 10.3. The Hall–Kier alpha value is -0.920. The highest BCUT2D eigenvalue weighted by Crippen LogP contribution is 2.10. The monoisotopic (exact) mass is 126 g/mol. The lowest BCUT2D eigenvalue weighted by molar-refractivity contribution is -0.0714. The molecular formula is C7H10O2. The van der Waals surface area contributed by atoms with Gasteiger partial charge in [-0.05, 0) is 12.5 Å². The third kappa shape index (κ3) is 1.80. The fourth-order valence-corrected chi connectivity index (χ4v) is 0.719. The first kappa shape index (κ1) is 6.20. The van der Waals surface area contributed by atoms with Crippen molar-refractivity contribution in [3.8, 4) is 0 Å². The lowest BCUT2D eigenvalue weighted by Gasteiger charge is -2.17. The van der Waals surface area contributed by atoms with E-state index in [0.717, 1.165) is 12.8 Å². The van der Waals surface area contributed by atoms with E-state index < -0.39 is 0 Å². The zero-order chi connectivity index (χ0) is 6.53. The molecule has 0 saturated heterocycles. The Morgan fingerprint density at radius 3 is 3.22 bits per heavy atom. The predicted molar refractivity (Wildman–Crippen MR) is 34.5 cm³/mol. The second kappa shape index (κ2) is 3.17.